The Morgan fingerprint density at radius 2 is 1.83 bits per heavy atom. The Morgan fingerprint density at radius 3 is 2.47 bits per heavy atom. The maximum Gasteiger partial charge on any atom is 0.255 e. The fourth-order valence-corrected chi connectivity index (χ4v) is 4.21. The number of aromatic nitrogens is 4. The number of amides is 1. The van der Waals surface area contributed by atoms with Gasteiger partial charge in [0.25, 0.3) is 5.91 Å². The van der Waals surface area contributed by atoms with Gasteiger partial charge in [-0.1, -0.05) is 12.1 Å². The minimum atomic E-state index is -0.494. The molecule has 182 valence electrons. The zero-order chi connectivity index (χ0) is 25.2. The second-order valence-corrected chi connectivity index (χ2v) is 8.68. The molecule has 36 heavy (non-hydrogen) atoms. The molecule has 1 aliphatic rings. The van der Waals surface area contributed by atoms with Crippen LogP contribution < -0.4 is 20.3 Å². The Kier molecular flexibility index (Phi) is 6.12. The van der Waals surface area contributed by atoms with Crippen molar-refractivity contribution < 1.29 is 9.53 Å². The number of benzene rings is 2. The van der Waals surface area contributed by atoms with E-state index in [0.717, 1.165) is 22.6 Å². The minimum Gasteiger partial charge on any atom is -0.497 e. The van der Waals surface area contributed by atoms with Gasteiger partial charge in [-0.15, -0.1) is 5.10 Å². The number of methoxy groups -OCH3 is 1. The van der Waals surface area contributed by atoms with Gasteiger partial charge in [0.15, 0.2) is 5.82 Å². The highest BCUT2D eigenvalue weighted by Crippen LogP contribution is 2.37. The summed E-state index contributed by atoms with van der Waals surface area (Å²) in [5, 5.41) is 11.1. The molecule has 5 rings (SSSR count). The number of rotatable bonds is 6. The molecule has 2 N–H and O–H groups in total. The molecule has 3 heterocycles. The second-order valence-electron chi connectivity index (χ2n) is 8.68. The van der Waals surface area contributed by atoms with E-state index < -0.39 is 6.04 Å². The van der Waals surface area contributed by atoms with E-state index in [2.05, 4.69) is 15.6 Å². The van der Waals surface area contributed by atoms with Crippen molar-refractivity contribution in [2.45, 2.75) is 13.0 Å². The summed E-state index contributed by atoms with van der Waals surface area (Å²) in [6.07, 6.45) is 3.28. The largest absolute Gasteiger partial charge is 0.497 e. The molecule has 0 spiro atoms. The standard InChI is InChI=1S/C27H27N7O2/c1-17-23(26(35)30-20-6-5-15-28-16-20)24(18-9-13-22(36-4)14-10-18)34-27(29-17)31-25(32-34)19-7-11-21(12-8-19)33(2)3/h5-16,24H,1-4H3,(H,30,35)(H,29,31,32). The van der Waals surface area contributed by atoms with Crippen LogP contribution in [0.2, 0.25) is 0 Å². The summed E-state index contributed by atoms with van der Waals surface area (Å²) >= 11 is 0. The van der Waals surface area contributed by atoms with Gasteiger partial charge < -0.3 is 20.3 Å². The number of ether oxygens (including phenoxy) is 1. The first-order chi connectivity index (χ1) is 17.4. The molecule has 1 amide bonds. The molecular weight excluding hydrogens is 454 g/mol. The summed E-state index contributed by atoms with van der Waals surface area (Å²) in [5.41, 5.74) is 4.71. The van der Waals surface area contributed by atoms with Gasteiger partial charge in [0.2, 0.25) is 5.95 Å². The number of allylic oxidation sites excluding steroid dienone is 1. The monoisotopic (exact) mass is 481 g/mol. The number of carbonyl (C=O) groups is 1. The van der Waals surface area contributed by atoms with Crippen LogP contribution in [0.4, 0.5) is 17.3 Å². The molecule has 1 unspecified atom stereocenters. The van der Waals surface area contributed by atoms with Crippen LogP contribution >= 0.6 is 0 Å². The van der Waals surface area contributed by atoms with E-state index in [1.165, 1.54) is 0 Å². The Morgan fingerprint density at radius 1 is 1.08 bits per heavy atom. The Labute approximate surface area is 209 Å². The summed E-state index contributed by atoms with van der Waals surface area (Å²) in [7, 11) is 5.62. The normalized spacial score (nSPS) is 14.6. The van der Waals surface area contributed by atoms with Gasteiger partial charge in [0, 0.05) is 37.2 Å². The van der Waals surface area contributed by atoms with Gasteiger partial charge in [-0.05, 0) is 61.0 Å². The molecule has 0 saturated carbocycles. The highest BCUT2D eigenvalue weighted by molar-refractivity contribution is 6.06. The molecule has 0 bridgehead atoms. The molecule has 0 aliphatic carbocycles. The molecule has 0 saturated heterocycles. The van der Waals surface area contributed by atoms with Crippen molar-refractivity contribution in [3.8, 4) is 17.1 Å². The maximum atomic E-state index is 13.5. The molecule has 4 aromatic rings. The molecule has 2 aromatic carbocycles. The average Bonchev–Trinajstić information content (AvgIpc) is 3.32. The van der Waals surface area contributed by atoms with E-state index in [0.29, 0.717) is 28.7 Å². The fourth-order valence-electron chi connectivity index (χ4n) is 4.21. The Bertz CT molecular complexity index is 1410. The SMILES string of the molecule is COc1ccc(C2C(C(=O)Nc3cccnc3)=C(C)Nc3nc(-c4ccc(N(C)C)cc4)nn32)cc1. The number of pyridine rings is 1. The predicted octanol–water partition coefficient (Wildman–Crippen LogP) is 4.34. The highest BCUT2D eigenvalue weighted by Gasteiger charge is 2.34. The molecule has 1 aliphatic heterocycles. The van der Waals surface area contributed by atoms with Gasteiger partial charge in [-0.25, -0.2) is 4.68 Å². The topological polar surface area (TPSA) is 97.2 Å². The van der Waals surface area contributed by atoms with Crippen LogP contribution in [-0.2, 0) is 4.79 Å². The maximum absolute atomic E-state index is 13.5. The van der Waals surface area contributed by atoms with Crippen molar-refractivity contribution in [3.63, 3.8) is 0 Å². The summed E-state index contributed by atoms with van der Waals surface area (Å²) in [4.78, 5) is 24.4. The number of nitrogens with zero attached hydrogens (tertiary/aromatic N) is 5. The van der Waals surface area contributed by atoms with Crippen molar-refractivity contribution in [2.75, 3.05) is 36.7 Å². The fraction of sp³-hybridized carbons (Fsp3) is 0.185. The van der Waals surface area contributed by atoms with Crippen molar-refractivity contribution >= 4 is 23.2 Å². The van der Waals surface area contributed by atoms with Crippen molar-refractivity contribution in [1.82, 2.24) is 19.7 Å². The van der Waals surface area contributed by atoms with E-state index in [-0.39, 0.29) is 5.91 Å². The molecule has 9 heteroatoms. The Hall–Kier alpha value is -4.66. The molecule has 1 atom stereocenters. The van der Waals surface area contributed by atoms with Crippen molar-refractivity contribution in [3.05, 3.63) is 89.9 Å². The average molecular weight is 482 g/mol. The third-order valence-electron chi connectivity index (χ3n) is 6.09. The minimum absolute atomic E-state index is 0.244. The number of carbonyl (C=O) groups excluding carboxylic acids is 1. The van der Waals surface area contributed by atoms with Gasteiger partial charge >= 0.3 is 0 Å². The smallest absolute Gasteiger partial charge is 0.255 e. The van der Waals surface area contributed by atoms with Crippen LogP contribution in [0.1, 0.15) is 18.5 Å². The van der Waals surface area contributed by atoms with Crippen LogP contribution in [0, 0.1) is 0 Å². The van der Waals surface area contributed by atoms with E-state index in [1.807, 2.05) is 74.4 Å². The van der Waals surface area contributed by atoms with Crippen LogP contribution in [0.3, 0.4) is 0 Å². The predicted molar refractivity (Wildman–Crippen MR) is 140 cm³/mol. The summed E-state index contributed by atoms with van der Waals surface area (Å²) < 4.78 is 7.11. The van der Waals surface area contributed by atoms with Crippen LogP contribution in [0.5, 0.6) is 5.75 Å². The zero-order valence-corrected chi connectivity index (χ0v) is 20.6. The van der Waals surface area contributed by atoms with Crippen LogP contribution in [0.15, 0.2) is 84.3 Å². The lowest BCUT2D eigenvalue weighted by molar-refractivity contribution is -0.113. The molecule has 2 aromatic heterocycles. The lowest BCUT2D eigenvalue weighted by Crippen LogP contribution is -2.31. The van der Waals surface area contributed by atoms with E-state index in [9.17, 15) is 4.79 Å². The first-order valence-electron chi connectivity index (χ1n) is 11.5. The van der Waals surface area contributed by atoms with E-state index in [1.54, 1.807) is 36.3 Å². The Balaban J connectivity index is 1.57. The van der Waals surface area contributed by atoms with Crippen LogP contribution in [0.25, 0.3) is 11.4 Å². The summed E-state index contributed by atoms with van der Waals surface area (Å²) in [6.45, 7) is 1.87. The second kappa shape index (κ2) is 9.53. The van der Waals surface area contributed by atoms with Gasteiger partial charge in [0.1, 0.15) is 11.8 Å². The lowest BCUT2D eigenvalue weighted by atomic mass is 9.95. The van der Waals surface area contributed by atoms with Crippen molar-refractivity contribution in [2.24, 2.45) is 0 Å². The number of hydrogen-bond donors (Lipinski definition) is 2. The lowest BCUT2D eigenvalue weighted by Gasteiger charge is -2.28. The van der Waals surface area contributed by atoms with Crippen LogP contribution in [-0.4, -0.2) is 46.9 Å². The highest BCUT2D eigenvalue weighted by atomic mass is 16.5. The molecule has 9 nitrogen and oxygen atoms in total. The first-order valence-corrected chi connectivity index (χ1v) is 11.5. The number of anilines is 3. The van der Waals surface area contributed by atoms with Crippen molar-refractivity contribution in [1.29, 1.82) is 0 Å². The van der Waals surface area contributed by atoms with E-state index >= 15 is 0 Å². The number of nitrogens with one attached hydrogen (secondary N) is 2. The third-order valence-corrected chi connectivity index (χ3v) is 6.09. The summed E-state index contributed by atoms with van der Waals surface area (Å²) in [6, 6.07) is 18.8. The quantitative estimate of drug-likeness (QED) is 0.423. The zero-order valence-electron chi connectivity index (χ0n) is 20.6. The molecule has 0 radical (unpaired) electrons. The third kappa shape index (κ3) is 4.38. The first kappa shape index (κ1) is 23.1. The van der Waals surface area contributed by atoms with E-state index in [4.69, 9.17) is 14.8 Å². The van der Waals surface area contributed by atoms with Gasteiger partial charge in [-0.2, -0.15) is 4.98 Å². The summed E-state index contributed by atoms with van der Waals surface area (Å²) in [5.74, 6) is 1.63. The number of hydrogen-bond acceptors (Lipinski definition) is 7. The molecule has 0 fully saturated rings. The molecular formula is C27H27N7O2. The number of fused-ring (bicyclic) bond motifs is 1. The van der Waals surface area contributed by atoms with Gasteiger partial charge in [-0.3, -0.25) is 9.78 Å². The van der Waals surface area contributed by atoms with Gasteiger partial charge in [0.05, 0.1) is 24.6 Å².